The van der Waals surface area contributed by atoms with Gasteiger partial charge in [0.1, 0.15) is 0 Å². The van der Waals surface area contributed by atoms with Crippen molar-refractivity contribution >= 4 is 35.0 Å². The minimum absolute atomic E-state index is 0.149. The van der Waals surface area contributed by atoms with Crippen molar-refractivity contribution in [2.75, 3.05) is 19.6 Å². The number of unbranched alkanes of at least 4 members (excludes halogenated alkanes) is 1. The molecule has 0 saturated carbocycles. The highest BCUT2D eigenvalue weighted by molar-refractivity contribution is 6.42. The van der Waals surface area contributed by atoms with Crippen LogP contribution in [0.1, 0.15) is 31.7 Å². The van der Waals surface area contributed by atoms with Gasteiger partial charge in [0.2, 0.25) is 0 Å². The van der Waals surface area contributed by atoms with Gasteiger partial charge in [0.25, 0.3) is 11.8 Å². The number of carbonyl (C=O) groups is 2. The van der Waals surface area contributed by atoms with Gasteiger partial charge in [-0.25, -0.2) is 0 Å². The summed E-state index contributed by atoms with van der Waals surface area (Å²) in [6, 6.07) is 5.45. The first-order valence-electron chi connectivity index (χ1n) is 8.37. The highest BCUT2D eigenvalue weighted by Gasteiger charge is 2.33. The van der Waals surface area contributed by atoms with Crippen LogP contribution in [-0.4, -0.2) is 41.5 Å². The van der Waals surface area contributed by atoms with Crippen molar-refractivity contribution < 1.29 is 14.7 Å². The second-order valence-electron chi connectivity index (χ2n) is 6.02. The van der Waals surface area contributed by atoms with Crippen LogP contribution in [0.3, 0.4) is 0 Å². The molecule has 1 heterocycles. The first-order valence-corrected chi connectivity index (χ1v) is 9.13. The van der Waals surface area contributed by atoms with Gasteiger partial charge in [-0.1, -0.05) is 42.6 Å². The Morgan fingerprint density at radius 2 is 2.04 bits per heavy atom. The Morgan fingerprint density at radius 3 is 2.72 bits per heavy atom. The maximum absolute atomic E-state index is 12.2. The van der Waals surface area contributed by atoms with Gasteiger partial charge < -0.3 is 15.3 Å². The van der Waals surface area contributed by atoms with Crippen molar-refractivity contribution in [3.63, 3.8) is 0 Å². The van der Waals surface area contributed by atoms with Gasteiger partial charge in [0.15, 0.2) is 5.76 Å². The van der Waals surface area contributed by atoms with Gasteiger partial charge >= 0.3 is 0 Å². The third-order valence-corrected chi connectivity index (χ3v) is 4.83. The van der Waals surface area contributed by atoms with E-state index in [1.165, 1.54) is 4.90 Å². The summed E-state index contributed by atoms with van der Waals surface area (Å²) >= 11 is 11.8. The fraction of sp³-hybridized carbons (Fsp3) is 0.444. The zero-order valence-electron chi connectivity index (χ0n) is 14.1. The van der Waals surface area contributed by atoms with E-state index in [1.807, 2.05) is 13.0 Å². The molecule has 25 heavy (non-hydrogen) atoms. The zero-order chi connectivity index (χ0) is 18.4. The molecule has 0 fully saturated rings. The number of carbonyl (C=O) groups excluding carboxylic acids is 2. The number of nitrogens with one attached hydrogen (secondary N) is 1. The summed E-state index contributed by atoms with van der Waals surface area (Å²) < 4.78 is 0. The number of hydrogen-bond acceptors (Lipinski definition) is 3. The lowest BCUT2D eigenvalue weighted by molar-refractivity contribution is -0.127. The largest absolute Gasteiger partial charge is 0.503 e. The van der Waals surface area contributed by atoms with Gasteiger partial charge in [0.05, 0.1) is 22.2 Å². The van der Waals surface area contributed by atoms with Crippen molar-refractivity contribution in [1.82, 2.24) is 10.2 Å². The molecule has 1 aromatic rings. The molecule has 1 aliphatic heterocycles. The van der Waals surface area contributed by atoms with Crippen LogP contribution in [0.15, 0.2) is 29.5 Å². The fourth-order valence-electron chi connectivity index (χ4n) is 2.62. The van der Waals surface area contributed by atoms with E-state index in [4.69, 9.17) is 23.2 Å². The predicted molar refractivity (Wildman–Crippen MR) is 98.9 cm³/mol. The van der Waals surface area contributed by atoms with Gasteiger partial charge in [-0.05, 0) is 37.0 Å². The second-order valence-corrected chi connectivity index (χ2v) is 6.83. The number of benzene rings is 1. The molecule has 2 amide bonds. The van der Waals surface area contributed by atoms with E-state index in [9.17, 15) is 14.7 Å². The number of nitrogens with zero attached hydrogens (tertiary/aromatic N) is 1. The van der Waals surface area contributed by atoms with E-state index in [1.54, 1.807) is 12.1 Å². The summed E-state index contributed by atoms with van der Waals surface area (Å²) in [6.07, 6.45) is 3.24. The topological polar surface area (TPSA) is 69.6 Å². The van der Waals surface area contributed by atoms with Crippen molar-refractivity contribution in [2.24, 2.45) is 0 Å². The van der Waals surface area contributed by atoms with Crippen molar-refractivity contribution in [2.45, 2.75) is 32.6 Å². The summed E-state index contributed by atoms with van der Waals surface area (Å²) in [5.74, 6) is -1.29. The van der Waals surface area contributed by atoms with Crippen LogP contribution >= 0.6 is 23.2 Å². The van der Waals surface area contributed by atoms with Gasteiger partial charge in [-0.3, -0.25) is 9.59 Å². The van der Waals surface area contributed by atoms with Crippen molar-refractivity contribution in [3.8, 4) is 0 Å². The molecule has 0 bridgehead atoms. The lowest BCUT2D eigenvalue weighted by Crippen LogP contribution is -2.31. The minimum Gasteiger partial charge on any atom is -0.503 e. The molecule has 0 unspecified atom stereocenters. The normalized spacial score (nSPS) is 14.4. The summed E-state index contributed by atoms with van der Waals surface area (Å²) in [7, 11) is 0. The van der Waals surface area contributed by atoms with E-state index in [2.05, 4.69) is 5.32 Å². The number of hydrogen-bond donors (Lipinski definition) is 2. The van der Waals surface area contributed by atoms with Crippen LogP contribution in [0.2, 0.25) is 10.0 Å². The van der Waals surface area contributed by atoms with Crippen molar-refractivity contribution in [3.05, 3.63) is 45.1 Å². The van der Waals surface area contributed by atoms with Crippen LogP contribution in [0.25, 0.3) is 0 Å². The number of halogens is 2. The third kappa shape index (κ3) is 5.13. The summed E-state index contributed by atoms with van der Waals surface area (Å²) in [5.41, 5.74) is 1.18. The quantitative estimate of drug-likeness (QED) is 0.673. The molecule has 0 aromatic heterocycles. The molecule has 0 saturated heterocycles. The van der Waals surface area contributed by atoms with Crippen LogP contribution < -0.4 is 5.32 Å². The van der Waals surface area contributed by atoms with Crippen LogP contribution in [-0.2, 0) is 16.0 Å². The first kappa shape index (κ1) is 19.6. The molecular weight excluding hydrogens is 363 g/mol. The Balaban J connectivity index is 1.80. The lowest BCUT2D eigenvalue weighted by atomic mass is 10.1. The Kier molecular flexibility index (Phi) is 7.14. The Labute approximate surface area is 157 Å². The highest BCUT2D eigenvalue weighted by Crippen LogP contribution is 2.23. The van der Waals surface area contributed by atoms with Crippen LogP contribution in [0.5, 0.6) is 0 Å². The smallest absolute Gasteiger partial charge is 0.289 e. The molecule has 2 rings (SSSR count). The Hall–Kier alpha value is -1.72. The zero-order valence-corrected chi connectivity index (χ0v) is 15.7. The van der Waals surface area contributed by atoms with E-state index in [-0.39, 0.29) is 18.0 Å². The second kappa shape index (κ2) is 9.11. The van der Waals surface area contributed by atoms with Crippen LogP contribution in [0, 0.1) is 0 Å². The first-order chi connectivity index (χ1) is 11.9. The molecule has 2 N–H and O–H groups in total. The number of amides is 2. The number of aryl methyl sites for hydroxylation is 1. The lowest BCUT2D eigenvalue weighted by Gasteiger charge is -2.15. The third-order valence-electron chi connectivity index (χ3n) is 4.09. The number of aliphatic hydroxyl groups excluding tert-OH is 1. The molecule has 1 aliphatic rings. The maximum atomic E-state index is 12.2. The van der Waals surface area contributed by atoms with Gasteiger partial charge in [0, 0.05) is 13.1 Å². The maximum Gasteiger partial charge on any atom is 0.289 e. The summed E-state index contributed by atoms with van der Waals surface area (Å²) in [6.45, 7) is 3.19. The monoisotopic (exact) mass is 384 g/mol. The highest BCUT2D eigenvalue weighted by atomic mass is 35.5. The molecule has 0 atom stereocenters. The SMILES string of the molecule is CCCCN1CC(C(=O)NCCCc2ccc(Cl)c(Cl)c2)=C(O)C1=O. The van der Waals surface area contributed by atoms with E-state index in [0.717, 1.165) is 24.8 Å². The molecule has 0 spiro atoms. The van der Waals surface area contributed by atoms with E-state index < -0.39 is 11.7 Å². The number of rotatable bonds is 8. The molecule has 0 aliphatic carbocycles. The average molecular weight is 385 g/mol. The number of aliphatic hydroxyl groups is 1. The molecule has 0 radical (unpaired) electrons. The Morgan fingerprint density at radius 1 is 1.28 bits per heavy atom. The predicted octanol–water partition coefficient (Wildman–Crippen LogP) is 3.50. The standard InChI is InChI=1S/C18H22Cl2N2O3/c1-2-3-9-22-11-13(16(23)18(22)25)17(24)21-8-4-5-12-6-7-14(19)15(20)10-12/h6-7,10,23H,2-5,8-9,11H2,1H3,(H,21,24). The van der Waals surface area contributed by atoms with Gasteiger partial charge in [-0.15, -0.1) is 0 Å². The van der Waals surface area contributed by atoms with Crippen LogP contribution in [0.4, 0.5) is 0 Å². The Bertz CT molecular complexity index is 689. The minimum atomic E-state index is -0.464. The molecule has 7 heteroatoms. The fourth-order valence-corrected chi connectivity index (χ4v) is 2.94. The summed E-state index contributed by atoms with van der Waals surface area (Å²) in [5, 5.41) is 13.7. The molecule has 136 valence electrons. The van der Waals surface area contributed by atoms with E-state index in [0.29, 0.717) is 29.6 Å². The summed E-state index contributed by atoms with van der Waals surface area (Å²) in [4.78, 5) is 25.6. The average Bonchev–Trinajstić information content (AvgIpc) is 2.88. The van der Waals surface area contributed by atoms with Gasteiger partial charge in [-0.2, -0.15) is 0 Å². The molecule has 5 nitrogen and oxygen atoms in total. The molecule has 1 aromatic carbocycles. The van der Waals surface area contributed by atoms with Crippen molar-refractivity contribution in [1.29, 1.82) is 0 Å². The molecular formula is C18H22Cl2N2O3. The van der Waals surface area contributed by atoms with E-state index >= 15 is 0 Å².